The van der Waals surface area contributed by atoms with Crippen LogP contribution in [-0.2, 0) is 6.42 Å². The van der Waals surface area contributed by atoms with Crippen LogP contribution in [0.3, 0.4) is 0 Å². The highest BCUT2D eigenvalue weighted by Crippen LogP contribution is 2.36. The fourth-order valence-corrected chi connectivity index (χ4v) is 4.97. The smallest absolute Gasteiger partial charge is 0.271 e. The fraction of sp³-hybridized carbons (Fsp3) is 0.241. The van der Waals surface area contributed by atoms with Gasteiger partial charge in [-0.15, -0.1) is 0 Å². The average Bonchev–Trinajstić information content (AvgIpc) is 3.24. The van der Waals surface area contributed by atoms with Crippen LogP contribution in [0, 0.1) is 12.7 Å². The zero-order chi connectivity index (χ0) is 25.2. The summed E-state index contributed by atoms with van der Waals surface area (Å²) in [6.07, 6.45) is 2.12. The molecule has 0 radical (unpaired) electrons. The number of halogens is 1. The lowest BCUT2D eigenvalue weighted by molar-refractivity contribution is 0.0727. The number of benzene rings is 2. The molecular formula is C29H29FN4O2. The summed E-state index contributed by atoms with van der Waals surface area (Å²) in [6.45, 7) is 4.41. The first-order valence-corrected chi connectivity index (χ1v) is 12.2. The van der Waals surface area contributed by atoms with Crippen molar-refractivity contribution in [3.8, 4) is 11.1 Å². The Kier molecular flexibility index (Phi) is 6.57. The highest BCUT2D eigenvalue weighted by molar-refractivity contribution is 6.02. The Bertz CT molecular complexity index is 1440. The predicted molar refractivity (Wildman–Crippen MR) is 139 cm³/mol. The molecule has 3 heterocycles. The van der Waals surface area contributed by atoms with Crippen LogP contribution >= 0.6 is 0 Å². The molecule has 7 heteroatoms. The predicted octanol–water partition coefficient (Wildman–Crippen LogP) is 4.05. The summed E-state index contributed by atoms with van der Waals surface area (Å²) in [7, 11) is 1.59. The van der Waals surface area contributed by atoms with Crippen LogP contribution in [-0.4, -0.2) is 54.3 Å². The topological polar surface area (TPSA) is 65.9 Å². The molecule has 0 unspecified atom stereocenters. The number of aromatic nitrogens is 1. The van der Waals surface area contributed by atoms with E-state index in [1.54, 1.807) is 32.3 Å². The van der Waals surface area contributed by atoms with Gasteiger partial charge in [0.1, 0.15) is 11.5 Å². The maximum atomic E-state index is 14.5. The number of hydrogen-bond acceptors (Lipinski definition) is 3. The first-order valence-electron chi connectivity index (χ1n) is 12.2. The number of amides is 2. The highest BCUT2D eigenvalue weighted by Gasteiger charge is 2.29. The fourth-order valence-electron chi connectivity index (χ4n) is 4.97. The Morgan fingerprint density at radius 1 is 1.00 bits per heavy atom. The van der Waals surface area contributed by atoms with E-state index in [1.807, 2.05) is 51.8 Å². The van der Waals surface area contributed by atoms with Gasteiger partial charge < -0.3 is 19.9 Å². The normalized spacial score (nSPS) is 13.7. The standard InChI is InChI=1S/C29H29FN4O2/c1-19-21(9-6-10-24(19)30)17-23-26(20-7-4-3-5-8-20)25-12-11-22(28(35)31-2)18-34(25)27(23)29(36)33-15-13-32-14-16-33/h3-12,18,32H,13-17H2,1-2H3,(H,31,35). The number of pyridine rings is 1. The molecule has 1 saturated heterocycles. The summed E-state index contributed by atoms with van der Waals surface area (Å²) in [4.78, 5) is 28.4. The first kappa shape index (κ1) is 23.8. The number of piperazine rings is 1. The van der Waals surface area contributed by atoms with E-state index in [2.05, 4.69) is 10.6 Å². The van der Waals surface area contributed by atoms with Crippen molar-refractivity contribution >= 4 is 17.3 Å². The minimum absolute atomic E-state index is 0.0909. The summed E-state index contributed by atoms with van der Waals surface area (Å²) in [6, 6.07) is 18.7. The van der Waals surface area contributed by atoms with Crippen molar-refractivity contribution in [3.05, 3.63) is 101 Å². The minimum atomic E-state index is -0.269. The minimum Gasteiger partial charge on any atom is -0.355 e. The largest absolute Gasteiger partial charge is 0.355 e. The Labute approximate surface area is 209 Å². The Morgan fingerprint density at radius 2 is 1.75 bits per heavy atom. The van der Waals surface area contributed by atoms with Crippen molar-refractivity contribution in [2.45, 2.75) is 13.3 Å². The van der Waals surface area contributed by atoms with Crippen LogP contribution in [0.2, 0.25) is 0 Å². The summed E-state index contributed by atoms with van der Waals surface area (Å²) < 4.78 is 16.4. The quantitative estimate of drug-likeness (QED) is 0.449. The molecule has 1 aliphatic rings. The second-order valence-corrected chi connectivity index (χ2v) is 9.06. The molecule has 2 N–H and O–H groups in total. The Hall–Kier alpha value is -3.97. The van der Waals surface area contributed by atoms with E-state index >= 15 is 0 Å². The highest BCUT2D eigenvalue weighted by atomic mass is 19.1. The van der Waals surface area contributed by atoms with E-state index < -0.39 is 0 Å². The zero-order valence-corrected chi connectivity index (χ0v) is 20.5. The van der Waals surface area contributed by atoms with Crippen LogP contribution < -0.4 is 10.6 Å². The number of carbonyl (C=O) groups is 2. The van der Waals surface area contributed by atoms with Crippen molar-refractivity contribution < 1.29 is 14.0 Å². The van der Waals surface area contributed by atoms with Gasteiger partial charge in [0.2, 0.25) is 0 Å². The molecule has 2 aromatic carbocycles. The van der Waals surface area contributed by atoms with Crippen molar-refractivity contribution in [1.29, 1.82) is 0 Å². The maximum Gasteiger partial charge on any atom is 0.271 e. The van der Waals surface area contributed by atoms with Crippen molar-refractivity contribution in [3.63, 3.8) is 0 Å². The van der Waals surface area contributed by atoms with Crippen LogP contribution in [0.4, 0.5) is 4.39 Å². The van der Waals surface area contributed by atoms with E-state index in [4.69, 9.17) is 0 Å². The van der Waals surface area contributed by atoms with Crippen molar-refractivity contribution in [1.82, 2.24) is 19.9 Å². The molecule has 0 saturated carbocycles. The van der Waals surface area contributed by atoms with Gasteiger partial charge in [-0.25, -0.2) is 4.39 Å². The molecule has 2 amide bonds. The molecule has 36 heavy (non-hydrogen) atoms. The molecular weight excluding hydrogens is 455 g/mol. The zero-order valence-electron chi connectivity index (χ0n) is 20.5. The van der Waals surface area contributed by atoms with Gasteiger partial charge in [-0.2, -0.15) is 0 Å². The summed E-state index contributed by atoms with van der Waals surface area (Å²) in [5, 5.41) is 5.96. The number of hydrogen-bond donors (Lipinski definition) is 2. The summed E-state index contributed by atoms with van der Waals surface area (Å²) >= 11 is 0. The van der Waals surface area contributed by atoms with Gasteiger partial charge in [0.05, 0.1) is 11.1 Å². The lowest BCUT2D eigenvalue weighted by atomic mass is 9.93. The van der Waals surface area contributed by atoms with Gasteiger partial charge in [-0.05, 0) is 47.4 Å². The number of carbonyl (C=O) groups excluding carboxylic acids is 2. The maximum absolute atomic E-state index is 14.5. The Balaban J connectivity index is 1.81. The lowest BCUT2D eigenvalue weighted by Crippen LogP contribution is -2.46. The first-order chi connectivity index (χ1) is 17.5. The average molecular weight is 485 g/mol. The second-order valence-electron chi connectivity index (χ2n) is 9.06. The van der Waals surface area contributed by atoms with Gasteiger partial charge in [-0.3, -0.25) is 9.59 Å². The number of fused-ring (bicyclic) bond motifs is 1. The molecule has 0 bridgehead atoms. The molecule has 184 valence electrons. The second kappa shape index (κ2) is 9.95. The van der Waals surface area contributed by atoms with Gasteiger partial charge in [-0.1, -0.05) is 42.5 Å². The van der Waals surface area contributed by atoms with E-state index in [0.717, 1.165) is 40.9 Å². The Morgan fingerprint density at radius 3 is 2.47 bits per heavy atom. The summed E-state index contributed by atoms with van der Waals surface area (Å²) in [5.74, 6) is -0.587. The van der Waals surface area contributed by atoms with Crippen LogP contribution in [0.1, 0.15) is 37.5 Å². The van der Waals surface area contributed by atoms with E-state index in [0.29, 0.717) is 36.3 Å². The molecule has 1 fully saturated rings. The third-order valence-corrected chi connectivity index (χ3v) is 6.94. The molecule has 0 spiro atoms. The lowest BCUT2D eigenvalue weighted by Gasteiger charge is -2.28. The molecule has 2 aromatic heterocycles. The molecule has 1 aliphatic heterocycles. The third-order valence-electron chi connectivity index (χ3n) is 6.94. The van der Waals surface area contributed by atoms with Gasteiger partial charge in [0.15, 0.2) is 0 Å². The number of nitrogens with zero attached hydrogens (tertiary/aromatic N) is 2. The van der Waals surface area contributed by atoms with E-state index in [-0.39, 0.29) is 17.6 Å². The third kappa shape index (κ3) is 4.27. The molecule has 0 aliphatic carbocycles. The van der Waals surface area contributed by atoms with Crippen LogP contribution in [0.25, 0.3) is 16.6 Å². The van der Waals surface area contributed by atoms with E-state index in [1.165, 1.54) is 6.07 Å². The molecule has 4 aromatic rings. The number of nitrogens with one attached hydrogen (secondary N) is 2. The van der Waals surface area contributed by atoms with Gasteiger partial charge >= 0.3 is 0 Å². The van der Waals surface area contributed by atoms with E-state index in [9.17, 15) is 14.0 Å². The van der Waals surface area contributed by atoms with Crippen molar-refractivity contribution in [2.24, 2.45) is 0 Å². The van der Waals surface area contributed by atoms with Crippen LogP contribution in [0.5, 0.6) is 0 Å². The van der Waals surface area contributed by atoms with Crippen molar-refractivity contribution in [2.75, 3.05) is 33.2 Å². The summed E-state index contributed by atoms with van der Waals surface area (Å²) in [5.41, 5.74) is 5.90. The van der Waals surface area contributed by atoms with Gasteiger partial charge in [0.25, 0.3) is 11.8 Å². The monoisotopic (exact) mass is 484 g/mol. The van der Waals surface area contributed by atoms with Gasteiger partial charge in [0, 0.05) is 51.4 Å². The van der Waals surface area contributed by atoms with Crippen LogP contribution in [0.15, 0.2) is 66.9 Å². The molecule has 5 rings (SSSR count). The number of rotatable bonds is 5. The SMILES string of the molecule is CNC(=O)c1ccc2c(-c3ccccc3)c(Cc3cccc(F)c3C)c(C(=O)N3CCNCC3)n2c1. The molecule has 0 atom stereocenters. The molecule has 6 nitrogen and oxygen atoms in total.